The van der Waals surface area contributed by atoms with Gasteiger partial charge in [-0.05, 0) is 51.0 Å². The highest BCUT2D eigenvalue weighted by molar-refractivity contribution is 5.25. The third-order valence-corrected chi connectivity index (χ3v) is 3.39. The molecule has 0 aliphatic rings. The Labute approximate surface area is 113 Å². The third kappa shape index (κ3) is 3.24. The number of aryl methyl sites for hydroxylation is 3. The minimum absolute atomic E-state index is 0.151. The summed E-state index contributed by atoms with van der Waals surface area (Å²) >= 11 is 0. The van der Waals surface area contributed by atoms with Crippen LogP contribution < -0.4 is 5.32 Å². The van der Waals surface area contributed by atoms with Crippen molar-refractivity contribution >= 4 is 0 Å². The van der Waals surface area contributed by atoms with Crippen molar-refractivity contribution in [3.05, 3.63) is 58.3 Å². The molecular weight excluding hydrogens is 241 g/mol. The number of nitrogens with one attached hydrogen (secondary N) is 1. The Morgan fingerprint density at radius 3 is 2.53 bits per heavy atom. The summed E-state index contributed by atoms with van der Waals surface area (Å²) in [7, 11) is 0. The number of hydrogen-bond acceptors (Lipinski definition) is 2. The van der Waals surface area contributed by atoms with Crippen LogP contribution >= 0.6 is 0 Å². The van der Waals surface area contributed by atoms with Gasteiger partial charge in [-0.1, -0.05) is 12.1 Å². The molecule has 1 N–H and O–H groups in total. The molecule has 0 spiro atoms. The summed E-state index contributed by atoms with van der Waals surface area (Å²) in [6.07, 6.45) is 0. The van der Waals surface area contributed by atoms with E-state index < -0.39 is 0 Å². The Balaban J connectivity index is 2.02. The average molecular weight is 261 g/mol. The fourth-order valence-corrected chi connectivity index (χ4v) is 2.21. The van der Waals surface area contributed by atoms with Crippen molar-refractivity contribution in [3.8, 4) is 0 Å². The highest BCUT2D eigenvalue weighted by Crippen LogP contribution is 2.21. The number of benzene rings is 1. The quantitative estimate of drug-likeness (QED) is 0.892. The molecule has 1 heterocycles. The van der Waals surface area contributed by atoms with E-state index in [0.717, 1.165) is 22.6 Å². The van der Waals surface area contributed by atoms with E-state index in [9.17, 15) is 4.39 Å². The summed E-state index contributed by atoms with van der Waals surface area (Å²) in [6.45, 7) is 8.40. The van der Waals surface area contributed by atoms with Crippen molar-refractivity contribution in [3.63, 3.8) is 0 Å². The van der Waals surface area contributed by atoms with Crippen molar-refractivity contribution in [2.24, 2.45) is 0 Å². The third-order valence-electron chi connectivity index (χ3n) is 3.39. The number of hydrogen-bond donors (Lipinski definition) is 1. The first-order valence-electron chi connectivity index (χ1n) is 6.52. The van der Waals surface area contributed by atoms with Crippen LogP contribution in [-0.2, 0) is 6.54 Å². The molecule has 0 saturated heterocycles. The molecule has 2 aromatic rings. The normalized spacial score (nSPS) is 12.7. The monoisotopic (exact) mass is 261 g/mol. The second-order valence-corrected chi connectivity index (χ2v) is 5.05. The molecule has 0 aliphatic carbocycles. The number of rotatable bonds is 4. The molecule has 0 bridgehead atoms. The Morgan fingerprint density at radius 2 is 1.95 bits per heavy atom. The standard InChI is InChI=1S/C16H20FNO/c1-10-5-6-14(8-16(10)17)9-18-12(3)15-7-11(2)19-13(15)4/h5-8,12,18H,9H2,1-4H3. The molecule has 2 nitrogen and oxygen atoms in total. The Kier molecular flexibility index (Phi) is 4.05. The van der Waals surface area contributed by atoms with Crippen molar-refractivity contribution in [1.82, 2.24) is 5.32 Å². The summed E-state index contributed by atoms with van der Waals surface area (Å²) in [4.78, 5) is 0. The van der Waals surface area contributed by atoms with Crippen molar-refractivity contribution in [2.45, 2.75) is 40.3 Å². The molecule has 0 fully saturated rings. The van der Waals surface area contributed by atoms with E-state index in [0.29, 0.717) is 12.1 Å². The molecule has 0 amide bonds. The summed E-state index contributed by atoms with van der Waals surface area (Å²) in [5, 5.41) is 3.39. The van der Waals surface area contributed by atoms with Crippen LogP contribution in [0.1, 0.15) is 41.2 Å². The van der Waals surface area contributed by atoms with Gasteiger partial charge in [-0.2, -0.15) is 0 Å². The molecule has 3 heteroatoms. The zero-order valence-corrected chi connectivity index (χ0v) is 11.9. The van der Waals surface area contributed by atoms with Gasteiger partial charge in [-0.15, -0.1) is 0 Å². The Morgan fingerprint density at radius 1 is 1.21 bits per heavy atom. The lowest BCUT2D eigenvalue weighted by molar-refractivity contribution is 0.489. The second-order valence-electron chi connectivity index (χ2n) is 5.05. The van der Waals surface area contributed by atoms with Crippen molar-refractivity contribution < 1.29 is 8.81 Å². The molecule has 102 valence electrons. The van der Waals surface area contributed by atoms with E-state index in [2.05, 4.69) is 12.2 Å². The zero-order valence-electron chi connectivity index (χ0n) is 11.9. The lowest BCUT2D eigenvalue weighted by atomic mass is 10.1. The Hall–Kier alpha value is -1.61. The van der Waals surface area contributed by atoms with Gasteiger partial charge in [-0.25, -0.2) is 4.39 Å². The first-order chi connectivity index (χ1) is 8.97. The predicted octanol–water partition coefficient (Wildman–Crippen LogP) is 4.19. The topological polar surface area (TPSA) is 25.2 Å². The van der Waals surface area contributed by atoms with Gasteiger partial charge in [0.1, 0.15) is 17.3 Å². The lowest BCUT2D eigenvalue weighted by Gasteiger charge is -2.13. The molecule has 1 atom stereocenters. The Bertz CT molecular complexity index is 574. The molecule has 2 rings (SSSR count). The maximum Gasteiger partial charge on any atom is 0.126 e. The average Bonchev–Trinajstić information content (AvgIpc) is 2.70. The van der Waals surface area contributed by atoms with Crippen LogP contribution in [0.4, 0.5) is 4.39 Å². The minimum atomic E-state index is -0.151. The lowest BCUT2D eigenvalue weighted by Crippen LogP contribution is -2.18. The van der Waals surface area contributed by atoms with Crippen LogP contribution in [0, 0.1) is 26.6 Å². The van der Waals surface area contributed by atoms with Gasteiger partial charge in [0.25, 0.3) is 0 Å². The molecule has 0 radical (unpaired) electrons. The fourth-order valence-electron chi connectivity index (χ4n) is 2.21. The summed E-state index contributed by atoms with van der Waals surface area (Å²) in [5.74, 6) is 1.71. The van der Waals surface area contributed by atoms with E-state index in [-0.39, 0.29) is 11.9 Å². The zero-order chi connectivity index (χ0) is 14.0. The van der Waals surface area contributed by atoms with Gasteiger partial charge in [-0.3, -0.25) is 0 Å². The highest BCUT2D eigenvalue weighted by atomic mass is 19.1. The molecule has 1 unspecified atom stereocenters. The van der Waals surface area contributed by atoms with Crippen LogP contribution in [0.15, 0.2) is 28.7 Å². The van der Waals surface area contributed by atoms with Crippen LogP contribution in [0.2, 0.25) is 0 Å². The highest BCUT2D eigenvalue weighted by Gasteiger charge is 2.12. The van der Waals surface area contributed by atoms with Crippen molar-refractivity contribution in [2.75, 3.05) is 0 Å². The number of furan rings is 1. The van der Waals surface area contributed by atoms with Gasteiger partial charge in [0.15, 0.2) is 0 Å². The largest absolute Gasteiger partial charge is 0.466 e. The summed E-state index contributed by atoms with van der Waals surface area (Å²) in [5.41, 5.74) is 2.79. The van der Waals surface area contributed by atoms with Crippen molar-refractivity contribution in [1.29, 1.82) is 0 Å². The molecule has 0 aliphatic heterocycles. The van der Waals surface area contributed by atoms with Gasteiger partial charge in [0, 0.05) is 18.2 Å². The van der Waals surface area contributed by atoms with E-state index >= 15 is 0 Å². The maximum absolute atomic E-state index is 13.5. The van der Waals surface area contributed by atoms with E-state index in [4.69, 9.17) is 4.42 Å². The fraction of sp³-hybridized carbons (Fsp3) is 0.375. The minimum Gasteiger partial charge on any atom is -0.466 e. The maximum atomic E-state index is 13.5. The van der Waals surface area contributed by atoms with Crippen LogP contribution in [0.25, 0.3) is 0 Å². The first-order valence-corrected chi connectivity index (χ1v) is 6.52. The molecule has 1 aromatic carbocycles. The second kappa shape index (κ2) is 5.57. The van der Waals surface area contributed by atoms with Crippen LogP contribution in [0.5, 0.6) is 0 Å². The van der Waals surface area contributed by atoms with Crippen LogP contribution in [0.3, 0.4) is 0 Å². The van der Waals surface area contributed by atoms with E-state index in [1.165, 1.54) is 0 Å². The van der Waals surface area contributed by atoms with E-state index in [1.807, 2.05) is 32.0 Å². The predicted molar refractivity (Wildman–Crippen MR) is 74.6 cm³/mol. The van der Waals surface area contributed by atoms with Gasteiger partial charge >= 0.3 is 0 Å². The van der Waals surface area contributed by atoms with E-state index in [1.54, 1.807) is 13.0 Å². The first kappa shape index (κ1) is 13.8. The summed E-state index contributed by atoms with van der Waals surface area (Å²) in [6, 6.07) is 7.57. The SMILES string of the molecule is Cc1cc(C(C)NCc2ccc(C)c(F)c2)c(C)o1. The van der Waals surface area contributed by atoms with Gasteiger partial charge in [0.05, 0.1) is 0 Å². The molecule has 1 aromatic heterocycles. The molecule has 19 heavy (non-hydrogen) atoms. The summed E-state index contributed by atoms with van der Waals surface area (Å²) < 4.78 is 19.0. The number of halogens is 1. The smallest absolute Gasteiger partial charge is 0.126 e. The molecular formula is C16H20FNO. The molecule has 0 saturated carbocycles. The van der Waals surface area contributed by atoms with Gasteiger partial charge in [0.2, 0.25) is 0 Å². The van der Waals surface area contributed by atoms with Crippen LogP contribution in [-0.4, -0.2) is 0 Å². The van der Waals surface area contributed by atoms with Gasteiger partial charge < -0.3 is 9.73 Å².